The van der Waals surface area contributed by atoms with Crippen LogP contribution in [0.4, 0.5) is 17.1 Å². The number of halogens is 1. The summed E-state index contributed by atoms with van der Waals surface area (Å²) in [5.41, 5.74) is 9.26. The zero-order chi connectivity index (χ0) is 13.1. The molecule has 0 aliphatic carbocycles. The van der Waals surface area contributed by atoms with Crippen LogP contribution in [0.15, 0.2) is 36.4 Å². The summed E-state index contributed by atoms with van der Waals surface area (Å²) < 4.78 is 5.20. The molecule has 2 aromatic rings. The molecule has 0 heterocycles. The molecule has 0 spiro atoms. The van der Waals surface area contributed by atoms with Crippen LogP contribution in [0.2, 0.25) is 5.02 Å². The molecule has 3 nitrogen and oxygen atoms in total. The number of aryl methyl sites for hydroxylation is 1. The van der Waals surface area contributed by atoms with Gasteiger partial charge in [0, 0.05) is 11.8 Å². The molecule has 94 valence electrons. The summed E-state index contributed by atoms with van der Waals surface area (Å²) in [7, 11) is 1.64. The molecule has 0 saturated heterocycles. The number of anilines is 3. The van der Waals surface area contributed by atoms with Crippen molar-refractivity contribution in [3.63, 3.8) is 0 Å². The zero-order valence-electron chi connectivity index (χ0n) is 10.3. The number of ether oxygens (including phenoxy) is 1. The van der Waals surface area contributed by atoms with Crippen LogP contribution in [0, 0.1) is 6.92 Å². The van der Waals surface area contributed by atoms with Crippen LogP contribution < -0.4 is 15.8 Å². The van der Waals surface area contributed by atoms with Crippen molar-refractivity contribution >= 4 is 28.7 Å². The molecule has 0 amide bonds. The third-order valence-corrected chi connectivity index (χ3v) is 3.07. The highest BCUT2D eigenvalue weighted by Gasteiger charge is 2.07. The van der Waals surface area contributed by atoms with Crippen molar-refractivity contribution in [2.75, 3.05) is 18.2 Å². The van der Waals surface area contributed by atoms with Gasteiger partial charge >= 0.3 is 0 Å². The normalized spacial score (nSPS) is 10.2. The van der Waals surface area contributed by atoms with E-state index in [9.17, 15) is 0 Å². The van der Waals surface area contributed by atoms with Gasteiger partial charge in [0.05, 0.1) is 23.5 Å². The summed E-state index contributed by atoms with van der Waals surface area (Å²) in [6.45, 7) is 2.01. The minimum atomic E-state index is 0.595. The number of para-hydroxylation sites is 1. The fraction of sp³-hybridized carbons (Fsp3) is 0.143. The second-order valence-corrected chi connectivity index (χ2v) is 4.42. The van der Waals surface area contributed by atoms with E-state index in [2.05, 4.69) is 5.32 Å². The van der Waals surface area contributed by atoms with Crippen molar-refractivity contribution in [2.45, 2.75) is 6.92 Å². The fourth-order valence-electron chi connectivity index (χ4n) is 1.67. The van der Waals surface area contributed by atoms with E-state index in [1.54, 1.807) is 13.2 Å². The Bertz CT molecular complexity index is 549. The number of nitrogen functional groups attached to an aromatic ring is 1. The lowest BCUT2D eigenvalue weighted by Crippen LogP contribution is -1.99. The quantitative estimate of drug-likeness (QED) is 0.823. The SMILES string of the molecule is COc1ccc(C)c(Nc2c(N)cccc2Cl)c1. The van der Waals surface area contributed by atoms with Crippen LogP contribution in [-0.4, -0.2) is 7.11 Å². The van der Waals surface area contributed by atoms with E-state index in [1.807, 2.05) is 37.3 Å². The summed E-state index contributed by atoms with van der Waals surface area (Å²) in [4.78, 5) is 0. The van der Waals surface area contributed by atoms with Crippen molar-refractivity contribution in [3.8, 4) is 5.75 Å². The molecule has 18 heavy (non-hydrogen) atoms. The van der Waals surface area contributed by atoms with Gasteiger partial charge < -0.3 is 15.8 Å². The van der Waals surface area contributed by atoms with Crippen LogP contribution in [0.5, 0.6) is 5.75 Å². The Morgan fingerprint density at radius 1 is 1.22 bits per heavy atom. The molecule has 0 radical (unpaired) electrons. The maximum Gasteiger partial charge on any atom is 0.120 e. The third-order valence-electron chi connectivity index (χ3n) is 2.75. The molecule has 0 aromatic heterocycles. The van der Waals surface area contributed by atoms with E-state index < -0.39 is 0 Å². The first kappa shape index (κ1) is 12.6. The number of hydrogen-bond donors (Lipinski definition) is 2. The topological polar surface area (TPSA) is 47.3 Å². The van der Waals surface area contributed by atoms with E-state index in [0.717, 1.165) is 22.7 Å². The summed E-state index contributed by atoms with van der Waals surface area (Å²) in [5, 5.41) is 3.84. The van der Waals surface area contributed by atoms with Gasteiger partial charge in [-0.2, -0.15) is 0 Å². The molecule has 0 bridgehead atoms. The van der Waals surface area contributed by atoms with Crippen LogP contribution >= 0.6 is 11.6 Å². The van der Waals surface area contributed by atoms with Crippen molar-refractivity contribution < 1.29 is 4.74 Å². The minimum absolute atomic E-state index is 0.595. The number of methoxy groups -OCH3 is 1. The number of nitrogens with one attached hydrogen (secondary N) is 1. The molecule has 3 N–H and O–H groups in total. The second-order valence-electron chi connectivity index (χ2n) is 4.01. The van der Waals surface area contributed by atoms with Crippen LogP contribution in [0.25, 0.3) is 0 Å². The van der Waals surface area contributed by atoms with Crippen molar-refractivity contribution in [1.29, 1.82) is 0 Å². The highest BCUT2D eigenvalue weighted by Crippen LogP contribution is 2.33. The third kappa shape index (κ3) is 2.51. The van der Waals surface area contributed by atoms with E-state index in [1.165, 1.54) is 0 Å². The predicted molar refractivity (Wildman–Crippen MR) is 76.9 cm³/mol. The average Bonchev–Trinajstić information content (AvgIpc) is 2.36. The number of benzene rings is 2. The molecule has 0 unspecified atom stereocenters. The van der Waals surface area contributed by atoms with Gasteiger partial charge in [0.1, 0.15) is 5.75 Å². The lowest BCUT2D eigenvalue weighted by molar-refractivity contribution is 0.415. The van der Waals surface area contributed by atoms with Crippen molar-refractivity contribution in [2.24, 2.45) is 0 Å². The molecule has 4 heteroatoms. The number of hydrogen-bond acceptors (Lipinski definition) is 3. The van der Waals surface area contributed by atoms with E-state index in [4.69, 9.17) is 22.1 Å². The smallest absolute Gasteiger partial charge is 0.120 e. The fourth-order valence-corrected chi connectivity index (χ4v) is 1.90. The van der Waals surface area contributed by atoms with Crippen molar-refractivity contribution in [3.05, 3.63) is 47.0 Å². The highest BCUT2D eigenvalue weighted by molar-refractivity contribution is 6.34. The molecular formula is C14H15ClN2O. The average molecular weight is 263 g/mol. The van der Waals surface area contributed by atoms with Gasteiger partial charge in [-0.1, -0.05) is 23.7 Å². The molecule has 0 fully saturated rings. The minimum Gasteiger partial charge on any atom is -0.497 e. The monoisotopic (exact) mass is 262 g/mol. The lowest BCUT2D eigenvalue weighted by Gasteiger charge is -2.14. The van der Waals surface area contributed by atoms with E-state index in [0.29, 0.717) is 10.7 Å². The molecule has 0 saturated carbocycles. The maximum absolute atomic E-state index is 6.13. The van der Waals surface area contributed by atoms with E-state index in [-0.39, 0.29) is 0 Å². The van der Waals surface area contributed by atoms with Crippen molar-refractivity contribution in [1.82, 2.24) is 0 Å². The first-order valence-corrected chi connectivity index (χ1v) is 5.95. The summed E-state index contributed by atoms with van der Waals surface area (Å²) in [6.07, 6.45) is 0. The Kier molecular flexibility index (Phi) is 3.63. The Morgan fingerprint density at radius 2 is 2.00 bits per heavy atom. The zero-order valence-corrected chi connectivity index (χ0v) is 11.1. The Hall–Kier alpha value is -1.87. The predicted octanol–water partition coefficient (Wildman–Crippen LogP) is 3.98. The molecular weight excluding hydrogens is 248 g/mol. The number of rotatable bonds is 3. The first-order chi connectivity index (χ1) is 8.61. The molecule has 0 atom stereocenters. The Labute approximate surface area is 112 Å². The second kappa shape index (κ2) is 5.19. The number of nitrogens with two attached hydrogens (primary N) is 1. The van der Waals surface area contributed by atoms with Gasteiger partial charge in [-0.05, 0) is 30.7 Å². The molecule has 0 aliphatic heterocycles. The van der Waals surface area contributed by atoms with Gasteiger partial charge in [0.25, 0.3) is 0 Å². The summed E-state index contributed by atoms with van der Waals surface area (Å²) in [5.74, 6) is 0.786. The van der Waals surface area contributed by atoms with Gasteiger partial charge in [-0.3, -0.25) is 0 Å². The Morgan fingerprint density at radius 3 is 2.67 bits per heavy atom. The van der Waals surface area contributed by atoms with Crippen LogP contribution in [0.3, 0.4) is 0 Å². The van der Waals surface area contributed by atoms with E-state index >= 15 is 0 Å². The van der Waals surface area contributed by atoms with Gasteiger partial charge in [-0.15, -0.1) is 0 Å². The largest absolute Gasteiger partial charge is 0.497 e. The summed E-state index contributed by atoms with van der Waals surface area (Å²) in [6, 6.07) is 11.2. The molecule has 2 aromatic carbocycles. The standard InChI is InChI=1S/C14H15ClN2O/c1-9-6-7-10(18-2)8-13(9)17-14-11(15)4-3-5-12(14)16/h3-8,17H,16H2,1-2H3. The maximum atomic E-state index is 6.13. The van der Waals surface area contributed by atoms with Gasteiger partial charge in [0.15, 0.2) is 0 Å². The first-order valence-electron chi connectivity index (χ1n) is 5.57. The lowest BCUT2D eigenvalue weighted by atomic mass is 10.1. The summed E-state index contributed by atoms with van der Waals surface area (Å²) >= 11 is 6.13. The van der Waals surface area contributed by atoms with Crippen LogP contribution in [-0.2, 0) is 0 Å². The molecule has 0 aliphatic rings. The van der Waals surface area contributed by atoms with Gasteiger partial charge in [-0.25, -0.2) is 0 Å². The Balaban J connectivity index is 2.39. The highest BCUT2D eigenvalue weighted by atomic mass is 35.5. The van der Waals surface area contributed by atoms with Gasteiger partial charge in [0.2, 0.25) is 0 Å². The molecule has 2 rings (SSSR count). The van der Waals surface area contributed by atoms with Crippen LogP contribution in [0.1, 0.15) is 5.56 Å².